The molecule has 0 saturated heterocycles. The van der Waals surface area contributed by atoms with Crippen molar-refractivity contribution in [3.05, 3.63) is 25.3 Å². The Hall–Kier alpha value is -0.270. The first-order valence-corrected chi connectivity index (χ1v) is 4.42. The van der Waals surface area contributed by atoms with Gasteiger partial charge in [0.05, 0.1) is 26.2 Å². The van der Waals surface area contributed by atoms with Crippen molar-refractivity contribution in [3.8, 4) is 0 Å². The number of likely N-dealkylation sites (N-methyl/N-ethyl adjacent to an activating group) is 1. The minimum absolute atomic E-state index is 0. The number of hydrogen-bond donors (Lipinski definition) is 0. The van der Waals surface area contributed by atoms with Gasteiger partial charge in [-0.1, -0.05) is 12.7 Å². The molecule has 0 aliphatic heterocycles. The molecule has 0 aliphatic carbocycles. The molecule has 0 unspecified atom stereocenters. The van der Waals surface area contributed by atoms with Crippen molar-refractivity contribution in [2.45, 2.75) is 25.8 Å². The summed E-state index contributed by atoms with van der Waals surface area (Å²) < 4.78 is 0.961. The smallest absolute Gasteiger partial charge is 0.0971 e. The molecule has 0 spiro atoms. The third-order valence-corrected chi connectivity index (χ3v) is 2.87. The molecule has 2 heteroatoms. The molecular weight excluding hydrogens is 182 g/mol. The van der Waals surface area contributed by atoms with Crippen molar-refractivity contribution in [1.82, 2.24) is 0 Å². The molecule has 0 radical (unpaired) electrons. The molecule has 0 N–H and O–H groups in total. The molecule has 0 aliphatic rings. The minimum Gasteiger partial charge on any atom is -1.00 e. The largest absolute Gasteiger partial charge is 1.00 e. The van der Waals surface area contributed by atoms with Crippen LogP contribution in [-0.4, -0.2) is 30.7 Å². The van der Waals surface area contributed by atoms with Crippen LogP contribution in [0.15, 0.2) is 25.3 Å². The Morgan fingerprint density at radius 1 is 1.15 bits per heavy atom. The highest BCUT2D eigenvalue weighted by Crippen LogP contribution is 2.23. The summed E-state index contributed by atoms with van der Waals surface area (Å²) in [5, 5.41) is 0. The zero-order chi connectivity index (χ0) is 9.83. The molecular formula is C11H22ClN. The lowest BCUT2D eigenvalue weighted by Crippen LogP contribution is -3.00. The normalized spacial score (nSPS) is 11.7. The summed E-state index contributed by atoms with van der Waals surface area (Å²) in [6.07, 6.45) is 5.00. The summed E-state index contributed by atoms with van der Waals surface area (Å²) in [6, 6.07) is 0. The van der Waals surface area contributed by atoms with Crippen LogP contribution >= 0.6 is 0 Å². The van der Waals surface area contributed by atoms with E-state index in [-0.39, 0.29) is 17.9 Å². The lowest BCUT2D eigenvalue weighted by molar-refractivity contribution is -0.932. The van der Waals surface area contributed by atoms with E-state index >= 15 is 0 Å². The molecule has 0 heterocycles. The van der Waals surface area contributed by atoms with Gasteiger partial charge in [-0.2, -0.15) is 0 Å². The molecule has 0 rings (SSSR count). The maximum absolute atomic E-state index is 3.78. The maximum Gasteiger partial charge on any atom is 0.0971 e. The Kier molecular flexibility index (Phi) is 6.39. The third-order valence-electron chi connectivity index (χ3n) is 2.87. The number of halogens is 1. The molecule has 13 heavy (non-hydrogen) atoms. The Morgan fingerprint density at radius 3 is 1.92 bits per heavy atom. The molecule has 0 atom stereocenters. The number of nitrogens with zero attached hydrogens (tertiary/aromatic N) is 1. The topological polar surface area (TPSA) is 0 Å². The highest BCUT2D eigenvalue weighted by molar-refractivity contribution is 4.82. The van der Waals surface area contributed by atoms with Crippen LogP contribution in [0.2, 0.25) is 0 Å². The average molecular weight is 204 g/mol. The van der Waals surface area contributed by atoms with Crippen LogP contribution in [0, 0.1) is 0 Å². The fraction of sp³-hybridized carbons (Fsp3) is 0.636. The van der Waals surface area contributed by atoms with Gasteiger partial charge in [0.1, 0.15) is 0 Å². The average Bonchev–Trinajstić information content (AvgIpc) is 1.86. The molecule has 0 bridgehead atoms. The van der Waals surface area contributed by atoms with Crippen LogP contribution in [0.25, 0.3) is 0 Å². The van der Waals surface area contributed by atoms with Crippen LogP contribution < -0.4 is 12.4 Å². The van der Waals surface area contributed by atoms with Gasteiger partial charge in [0.15, 0.2) is 0 Å². The van der Waals surface area contributed by atoms with Gasteiger partial charge in [-0.05, 0) is 19.9 Å². The Balaban J connectivity index is 0. The van der Waals surface area contributed by atoms with Crippen LogP contribution in [0.1, 0.15) is 20.3 Å². The molecule has 0 saturated carbocycles. The van der Waals surface area contributed by atoms with Gasteiger partial charge in [0.2, 0.25) is 0 Å². The van der Waals surface area contributed by atoms with Gasteiger partial charge in [-0.25, -0.2) is 0 Å². The summed E-state index contributed by atoms with van der Waals surface area (Å²) in [5.74, 6) is 0. The first-order valence-electron chi connectivity index (χ1n) is 4.42. The molecule has 0 aromatic heterocycles. The zero-order valence-corrected chi connectivity index (χ0v) is 10.1. The summed E-state index contributed by atoms with van der Waals surface area (Å²) >= 11 is 0. The van der Waals surface area contributed by atoms with Crippen molar-refractivity contribution in [3.63, 3.8) is 0 Å². The number of hydrogen-bond acceptors (Lipinski definition) is 0. The summed E-state index contributed by atoms with van der Waals surface area (Å²) in [4.78, 5) is 0. The van der Waals surface area contributed by atoms with Crippen LogP contribution in [-0.2, 0) is 0 Å². The lowest BCUT2D eigenvalue weighted by Gasteiger charge is -2.43. The van der Waals surface area contributed by atoms with Gasteiger partial charge in [-0.15, -0.1) is 6.58 Å². The third kappa shape index (κ3) is 3.97. The SMILES string of the molecule is C=CCC(C)(C)[N+](C)(C)CC=C.[Cl-]. The van der Waals surface area contributed by atoms with Crippen molar-refractivity contribution in [1.29, 1.82) is 0 Å². The maximum atomic E-state index is 3.78. The zero-order valence-electron chi connectivity index (χ0n) is 9.31. The van der Waals surface area contributed by atoms with Crippen molar-refractivity contribution < 1.29 is 16.9 Å². The second-order valence-electron chi connectivity index (χ2n) is 4.46. The van der Waals surface area contributed by atoms with Crippen molar-refractivity contribution in [2.24, 2.45) is 0 Å². The van der Waals surface area contributed by atoms with Gasteiger partial charge in [0, 0.05) is 6.42 Å². The number of rotatable bonds is 5. The van der Waals surface area contributed by atoms with Crippen molar-refractivity contribution >= 4 is 0 Å². The van der Waals surface area contributed by atoms with E-state index in [1.165, 1.54) is 0 Å². The van der Waals surface area contributed by atoms with Gasteiger partial charge in [0.25, 0.3) is 0 Å². The Bertz CT molecular complexity index is 151. The van der Waals surface area contributed by atoms with E-state index < -0.39 is 0 Å². The molecule has 1 nitrogen and oxygen atoms in total. The molecule has 78 valence electrons. The van der Waals surface area contributed by atoms with E-state index in [1.54, 1.807) is 0 Å². The highest BCUT2D eigenvalue weighted by atomic mass is 35.5. The Labute approximate surface area is 89.1 Å². The van der Waals surface area contributed by atoms with Crippen molar-refractivity contribution in [2.75, 3.05) is 20.6 Å². The molecule has 0 amide bonds. The van der Waals surface area contributed by atoms with Gasteiger partial charge >= 0.3 is 0 Å². The van der Waals surface area contributed by atoms with E-state index in [0.29, 0.717) is 0 Å². The van der Waals surface area contributed by atoms with E-state index in [9.17, 15) is 0 Å². The standard InChI is InChI=1S/C11H22N.ClH/c1-7-9-11(3,4)12(5,6)10-8-2;/h7-8H,1-2,9-10H2,3-6H3;1H/q+1;/p-1. The predicted octanol–water partition coefficient (Wildman–Crippen LogP) is -0.392. The lowest BCUT2D eigenvalue weighted by atomic mass is 9.96. The first kappa shape index (κ1) is 15.2. The quantitative estimate of drug-likeness (QED) is 0.422. The second-order valence-corrected chi connectivity index (χ2v) is 4.46. The summed E-state index contributed by atoms with van der Waals surface area (Å²) in [5.41, 5.74) is 0.246. The fourth-order valence-corrected chi connectivity index (χ4v) is 1.17. The van der Waals surface area contributed by atoms with Gasteiger partial charge in [-0.3, -0.25) is 0 Å². The van der Waals surface area contributed by atoms with E-state index in [4.69, 9.17) is 0 Å². The van der Waals surface area contributed by atoms with Crippen LogP contribution in [0.4, 0.5) is 0 Å². The van der Waals surface area contributed by atoms with Gasteiger partial charge < -0.3 is 16.9 Å². The number of quaternary nitrogens is 1. The predicted molar refractivity (Wildman–Crippen MR) is 56.1 cm³/mol. The minimum atomic E-state index is 0. The highest BCUT2D eigenvalue weighted by Gasteiger charge is 2.33. The molecule has 0 aromatic rings. The summed E-state index contributed by atoms with van der Waals surface area (Å²) in [7, 11) is 4.45. The van der Waals surface area contributed by atoms with E-state index in [2.05, 4.69) is 41.1 Å². The first-order chi connectivity index (χ1) is 5.37. The summed E-state index contributed by atoms with van der Waals surface area (Å²) in [6.45, 7) is 13.1. The molecule has 0 aromatic carbocycles. The van der Waals surface area contributed by atoms with Crippen LogP contribution in [0.3, 0.4) is 0 Å². The molecule has 0 fully saturated rings. The monoisotopic (exact) mass is 203 g/mol. The van der Waals surface area contributed by atoms with Crippen LogP contribution in [0.5, 0.6) is 0 Å². The Morgan fingerprint density at radius 2 is 1.62 bits per heavy atom. The van der Waals surface area contributed by atoms with E-state index in [0.717, 1.165) is 17.4 Å². The second kappa shape index (κ2) is 5.46. The fourth-order valence-electron chi connectivity index (χ4n) is 1.17. The van der Waals surface area contributed by atoms with E-state index in [1.807, 2.05) is 12.2 Å².